The quantitative estimate of drug-likeness (QED) is 0.576. The van der Waals surface area contributed by atoms with Gasteiger partial charge >= 0.3 is 5.97 Å². The molecule has 2 heterocycles. The molecule has 3 N–H and O–H groups in total. The second-order valence-electron chi connectivity index (χ2n) is 10.5. The number of allylic oxidation sites excluding steroid dienone is 1. The molecule has 3 aliphatic rings. The minimum atomic E-state index is -1.77. The maximum absolute atomic E-state index is 14.0. The summed E-state index contributed by atoms with van der Waals surface area (Å²) in [6, 6.07) is 10.8. The number of amides is 1. The van der Waals surface area contributed by atoms with E-state index in [1.807, 2.05) is 45.9 Å². The van der Waals surface area contributed by atoms with Crippen LogP contribution in [0.3, 0.4) is 0 Å². The summed E-state index contributed by atoms with van der Waals surface area (Å²) >= 11 is 6.37. The van der Waals surface area contributed by atoms with Crippen LogP contribution in [0.4, 0.5) is 11.4 Å². The van der Waals surface area contributed by atoms with E-state index in [4.69, 9.17) is 22.1 Å². The molecule has 1 unspecified atom stereocenters. The lowest BCUT2D eigenvalue weighted by Gasteiger charge is -2.47. The van der Waals surface area contributed by atoms with Crippen molar-refractivity contribution in [3.63, 3.8) is 0 Å². The molecule has 0 fully saturated rings. The van der Waals surface area contributed by atoms with Gasteiger partial charge in [-0.2, -0.15) is 0 Å². The van der Waals surface area contributed by atoms with Crippen LogP contribution >= 0.6 is 11.6 Å². The number of Topliss-reactive ketones (excluding diaryl/α,β-unsaturated/α-hetero) is 1. The van der Waals surface area contributed by atoms with Gasteiger partial charge in [0.25, 0.3) is 0 Å². The highest BCUT2D eigenvalue weighted by molar-refractivity contribution is 6.31. The fraction of sp³-hybridized carbons (Fsp3) is 0.321. The SMILES string of the molecule is COC(=O)C1=C(N)N(c2ccc(C)c(C)c2)C2=C(C(=O)CC(C)(C)C2)C12C(=O)Nc1ccc(Cl)cc12. The number of halogens is 1. The molecule has 1 amide bonds. The molecule has 2 aromatic carbocycles. The highest BCUT2D eigenvalue weighted by Crippen LogP contribution is 2.57. The van der Waals surface area contributed by atoms with Crippen LogP contribution < -0.4 is 16.0 Å². The molecule has 7 nitrogen and oxygen atoms in total. The summed E-state index contributed by atoms with van der Waals surface area (Å²) in [4.78, 5) is 43.1. The van der Waals surface area contributed by atoms with Crippen molar-refractivity contribution in [2.45, 2.75) is 46.0 Å². The standard InChI is InChI=1S/C28H28ClN3O4/c1-14-6-8-17(10-15(14)2)32-20-12-27(3,4)13-21(33)22(20)28(23(24(32)30)25(34)36-5)18-11-16(29)7-9-19(18)31-26(28)35/h6-11H,12-13,30H2,1-5H3,(H,31,35). The molecule has 0 saturated heterocycles. The molecular weight excluding hydrogens is 478 g/mol. The minimum absolute atomic E-state index is 0.0531. The van der Waals surface area contributed by atoms with Crippen molar-refractivity contribution in [1.29, 1.82) is 0 Å². The molecule has 8 heteroatoms. The summed E-state index contributed by atoms with van der Waals surface area (Å²) in [5.74, 6) is -1.47. The van der Waals surface area contributed by atoms with Crippen molar-refractivity contribution < 1.29 is 19.1 Å². The number of hydrogen-bond acceptors (Lipinski definition) is 6. The number of rotatable bonds is 2. The van der Waals surface area contributed by atoms with Gasteiger partial charge in [-0.3, -0.25) is 14.5 Å². The molecule has 0 aromatic heterocycles. The number of carbonyl (C=O) groups excluding carboxylic acids is 3. The number of nitrogens with zero attached hydrogens (tertiary/aromatic N) is 1. The van der Waals surface area contributed by atoms with Gasteiger partial charge < -0.3 is 15.8 Å². The van der Waals surface area contributed by atoms with Crippen molar-refractivity contribution in [2.75, 3.05) is 17.3 Å². The second kappa shape index (κ2) is 7.96. The molecule has 1 spiro atoms. The molecule has 2 aromatic rings. The maximum atomic E-state index is 14.0. The Balaban J connectivity index is 1.94. The van der Waals surface area contributed by atoms with Crippen LogP contribution in [0.5, 0.6) is 0 Å². The van der Waals surface area contributed by atoms with Crippen molar-refractivity contribution in [3.8, 4) is 0 Å². The fourth-order valence-electron chi connectivity index (χ4n) is 5.77. The molecular formula is C28H28ClN3O4. The third-order valence-electron chi connectivity index (χ3n) is 7.48. The molecule has 0 radical (unpaired) electrons. The molecule has 0 saturated carbocycles. The number of nitrogens with one attached hydrogen (secondary N) is 1. The topological polar surface area (TPSA) is 102 Å². The van der Waals surface area contributed by atoms with Crippen LogP contribution in [0.1, 0.15) is 43.4 Å². The number of ether oxygens (including phenoxy) is 1. The molecule has 36 heavy (non-hydrogen) atoms. The Labute approximate surface area is 214 Å². The zero-order valence-corrected chi connectivity index (χ0v) is 21.7. The minimum Gasteiger partial charge on any atom is -0.466 e. The van der Waals surface area contributed by atoms with E-state index in [0.29, 0.717) is 34.1 Å². The van der Waals surface area contributed by atoms with Crippen LogP contribution in [0.15, 0.2) is 59.1 Å². The Morgan fingerprint density at radius 2 is 1.81 bits per heavy atom. The first-order valence-corrected chi connectivity index (χ1v) is 12.1. The van der Waals surface area contributed by atoms with Gasteiger partial charge in [0.1, 0.15) is 16.8 Å². The number of anilines is 2. The van der Waals surface area contributed by atoms with Crippen molar-refractivity contribution in [1.82, 2.24) is 0 Å². The van der Waals surface area contributed by atoms with E-state index in [-0.39, 0.29) is 34.6 Å². The lowest BCUT2D eigenvalue weighted by atomic mass is 9.60. The molecule has 5 rings (SSSR count). The number of esters is 1. The van der Waals surface area contributed by atoms with E-state index >= 15 is 0 Å². The van der Waals surface area contributed by atoms with Gasteiger partial charge in [-0.25, -0.2) is 4.79 Å². The number of hydrogen-bond donors (Lipinski definition) is 2. The largest absolute Gasteiger partial charge is 0.466 e. The average Bonchev–Trinajstić information content (AvgIpc) is 3.06. The summed E-state index contributed by atoms with van der Waals surface area (Å²) in [6.07, 6.45) is 0.687. The summed E-state index contributed by atoms with van der Waals surface area (Å²) in [6.45, 7) is 8.01. The van der Waals surface area contributed by atoms with E-state index in [2.05, 4.69) is 5.32 Å². The molecule has 1 aliphatic carbocycles. The van der Waals surface area contributed by atoms with Gasteiger partial charge in [0.15, 0.2) is 5.78 Å². The Morgan fingerprint density at radius 1 is 1.08 bits per heavy atom. The van der Waals surface area contributed by atoms with Gasteiger partial charge in [0.05, 0.1) is 7.11 Å². The predicted molar refractivity (Wildman–Crippen MR) is 138 cm³/mol. The smallest absolute Gasteiger partial charge is 0.339 e. The summed E-state index contributed by atoms with van der Waals surface area (Å²) < 4.78 is 5.17. The zero-order valence-electron chi connectivity index (χ0n) is 20.9. The summed E-state index contributed by atoms with van der Waals surface area (Å²) in [5, 5.41) is 3.23. The third kappa shape index (κ3) is 3.22. The zero-order chi connectivity index (χ0) is 26.2. The lowest BCUT2D eigenvalue weighted by molar-refractivity contribution is -0.138. The van der Waals surface area contributed by atoms with E-state index < -0.39 is 17.3 Å². The van der Waals surface area contributed by atoms with E-state index in [1.54, 1.807) is 23.1 Å². The van der Waals surface area contributed by atoms with Crippen LogP contribution in [0.25, 0.3) is 0 Å². The number of aryl methyl sites for hydroxylation is 2. The van der Waals surface area contributed by atoms with E-state index in [0.717, 1.165) is 11.1 Å². The fourth-order valence-corrected chi connectivity index (χ4v) is 5.94. The molecule has 186 valence electrons. The van der Waals surface area contributed by atoms with Gasteiger partial charge in [0, 0.05) is 39.7 Å². The molecule has 2 aliphatic heterocycles. The van der Waals surface area contributed by atoms with Gasteiger partial charge in [0.2, 0.25) is 5.91 Å². The first kappa shape index (κ1) is 24.1. The Bertz CT molecular complexity index is 1440. The Morgan fingerprint density at radius 3 is 2.47 bits per heavy atom. The van der Waals surface area contributed by atoms with Crippen molar-refractivity contribution >= 4 is 40.6 Å². The lowest BCUT2D eigenvalue weighted by Crippen LogP contribution is -2.54. The average molecular weight is 506 g/mol. The number of fused-ring (bicyclic) bond motifs is 3. The first-order valence-electron chi connectivity index (χ1n) is 11.8. The summed E-state index contributed by atoms with van der Waals surface area (Å²) in [5.41, 5.74) is 9.14. The van der Waals surface area contributed by atoms with Gasteiger partial charge in [-0.05, 0) is 67.1 Å². The predicted octanol–water partition coefficient (Wildman–Crippen LogP) is 4.65. The van der Waals surface area contributed by atoms with Crippen molar-refractivity contribution in [3.05, 3.63) is 80.8 Å². The first-order chi connectivity index (χ1) is 16.9. The van der Waals surface area contributed by atoms with Crippen LogP contribution in [-0.4, -0.2) is 24.8 Å². The van der Waals surface area contributed by atoms with E-state index in [9.17, 15) is 14.4 Å². The van der Waals surface area contributed by atoms with Crippen molar-refractivity contribution in [2.24, 2.45) is 11.1 Å². The highest BCUT2D eigenvalue weighted by Gasteiger charge is 2.63. The summed E-state index contributed by atoms with van der Waals surface area (Å²) in [7, 11) is 1.23. The van der Waals surface area contributed by atoms with Gasteiger partial charge in [-0.15, -0.1) is 0 Å². The van der Waals surface area contributed by atoms with Crippen LogP contribution in [0, 0.1) is 19.3 Å². The molecule has 1 atom stereocenters. The van der Waals surface area contributed by atoms with E-state index in [1.165, 1.54) is 7.11 Å². The van der Waals surface area contributed by atoms with Gasteiger partial charge in [-0.1, -0.05) is 31.5 Å². The highest BCUT2D eigenvalue weighted by atomic mass is 35.5. The number of benzene rings is 2. The second-order valence-corrected chi connectivity index (χ2v) is 10.9. The maximum Gasteiger partial charge on any atom is 0.339 e. The number of methoxy groups -OCH3 is 1. The number of nitrogens with two attached hydrogens (primary N) is 1. The third-order valence-corrected chi connectivity index (χ3v) is 7.72. The number of carbonyl (C=O) groups is 3. The monoisotopic (exact) mass is 505 g/mol. The Hall–Kier alpha value is -3.58. The molecule has 0 bridgehead atoms. The number of ketones is 1. The Kier molecular flexibility index (Phi) is 5.34. The van der Waals surface area contributed by atoms with Crippen LogP contribution in [-0.2, 0) is 24.5 Å². The van der Waals surface area contributed by atoms with Crippen LogP contribution in [0.2, 0.25) is 5.02 Å². The normalized spacial score (nSPS) is 22.6.